The summed E-state index contributed by atoms with van der Waals surface area (Å²) >= 11 is 1.21. The van der Waals surface area contributed by atoms with E-state index in [4.69, 9.17) is 0 Å². The molecule has 128 valence electrons. The van der Waals surface area contributed by atoms with Gasteiger partial charge in [0, 0.05) is 11.3 Å². The minimum Gasteiger partial charge on any atom is -0.466 e. The molecule has 0 bridgehead atoms. The van der Waals surface area contributed by atoms with E-state index in [1.54, 1.807) is 17.5 Å². The van der Waals surface area contributed by atoms with Crippen LogP contribution in [0.15, 0.2) is 41.8 Å². The molecule has 9 heteroatoms. The largest absolute Gasteiger partial charge is 0.466 e. The van der Waals surface area contributed by atoms with Crippen molar-refractivity contribution < 1.29 is 32.6 Å². The minimum absolute atomic E-state index is 0.214. The number of ether oxygens (including phenoxy) is 1. The highest BCUT2D eigenvalue weighted by Crippen LogP contribution is 2.40. The number of amides is 1. The predicted molar refractivity (Wildman–Crippen MR) is 80.7 cm³/mol. The van der Waals surface area contributed by atoms with Gasteiger partial charge < -0.3 is 15.2 Å². The summed E-state index contributed by atoms with van der Waals surface area (Å²) in [4.78, 5) is 23.7. The molecule has 2 N–H and O–H groups in total. The quantitative estimate of drug-likeness (QED) is 0.823. The second kappa shape index (κ2) is 6.62. The van der Waals surface area contributed by atoms with Crippen LogP contribution < -0.4 is 5.32 Å². The van der Waals surface area contributed by atoms with Gasteiger partial charge in [-0.2, -0.15) is 13.2 Å². The van der Waals surface area contributed by atoms with Crippen LogP contribution in [0, 0.1) is 0 Å². The Labute approximate surface area is 138 Å². The van der Waals surface area contributed by atoms with E-state index in [-0.39, 0.29) is 5.69 Å². The van der Waals surface area contributed by atoms with Crippen LogP contribution in [0.4, 0.5) is 18.9 Å². The Hall–Kier alpha value is -2.39. The van der Waals surface area contributed by atoms with E-state index in [0.29, 0.717) is 4.88 Å². The number of benzene rings is 1. The molecule has 1 aromatic heterocycles. The van der Waals surface area contributed by atoms with E-state index >= 15 is 0 Å². The van der Waals surface area contributed by atoms with Gasteiger partial charge in [-0.05, 0) is 23.6 Å². The summed E-state index contributed by atoms with van der Waals surface area (Å²) in [5.74, 6) is -2.26. The van der Waals surface area contributed by atoms with Gasteiger partial charge in [-0.3, -0.25) is 4.79 Å². The molecule has 0 saturated heterocycles. The Morgan fingerprint density at radius 3 is 2.25 bits per heavy atom. The third-order valence-corrected chi connectivity index (χ3v) is 4.07. The lowest BCUT2D eigenvalue weighted by atomic mass is 9.93. The number of rotatable bonds is 4. The second-order valence-electron chi connectivity index (χ2n) is 4.71. The van der Waals surface area contributed by atoms with Gasteiger partial charge in [0.15, 0.2) is 0 Å². The molecular weight excluding hydrogens is 347 g/mol. The van der Waals surface area contributed by atoms with Gasteiger partial charge in [0.2, 0.25) is 0 Å². The highest BCUT2D eigenvalue weighted by molar-refractivity contribution is 7.12. The van der Waals surface area contributed by atoms with E-state index in [2.05, 4.69) is 10.1 Å². The zero-order chi connectivity index (χ0) is 18.0. The third kappa shape index (κ3) is 3.26. The molecule has 0 aliphatic carbocycles. The molecule has 1 amide bonds. The number of hydrogen-bond donors (Lipinski definition) is 2. The number of esters is 1. The van der Waals surface area contributed by atoms with E-state index in [1.165, 1.54) is 11.3 Å². The van der Waals surface area contributed by atoms with Crippen LogP contribution in [0.25, 0.3) is 0 Å². The lowest BCUT2D eigenvalue weighted by Gasteiger charge is -2.28. The SMILES string of the molecule is COC(=O)[C@](O)(c1ccc(NC(=O)c2cccs2)cc1)C(F)(F)F. The zero-order valence-electron chi connectivity index (χ0n) is 12.3. The van der Waals surface area contributed by atoms with Gasteiger partial charge in [-0.25, -0.2) is 4.79 Å². The number of anilines is 1. The van der Waals surface area contributed by atoms with Crippen LogP contribution in [0.1, 0.15) is 15.2 Å². The number of methoxy groups -OCH3 is 1. The predicted octanol–water partition coefficient (Wildman–Crippen LogP) is 2.92. The molecule has 0 spiro atoms. The van der Waals surface area contributed by atoms with Crippen LogP contribution in [-0.2, 0) is 15.1 Å². The number of nitrogens with one attached hydrogen (secondary N) is 1. The highest BCUT2D eigenvalue weighted by Gasteiger charge is 2.62. The van der Waals surface area contributed by atoms with Crippen molar-refractivity contribution in [1.29, 1.82) is 0 Å². The molecule has 2 rings (SSSR count). The first kappa shape index (κ1) is 18.0. The Kier molecular flexibility index (Phi) is 4.95. The number of thiophene rings is 1. The van der Waals surface area contributed by atoms with Crippen LogP contribution in [0.3, 0.4) is 0 Å². The van der Waals surface area contributed by atoms with Crippen molar-refractivity contribution >= 4 is 28.9 Å². The minimum atomic E-state index is -5.26. The van der Waals surface area contributed by atoms with Gasteiger partial charge in [-0.1, -0.05) is 18.2 Å². The number of alkyl halides is 3. The van der Waals surface area contributed by atoms with E-state index in [0.717, 1.165) is 31.4 Å². The highest BCUT2D eigenvalue weighted by atomic mass is 32.1. The maximum Gasteiger partial charge on any atom is 0.432 e. The van der Waals surface area contributed by atoms with Gasteiger partial charge in [-0.15, -0.1) is 11.3 Å². The van der Waals surface area contributed by atoms with Gasteiger partial charge in [0.1, 0.15) is 0 Å². The lowest BCUT2D eigenvalue weighted by Crippen LogP contribution is -2.49. The monoisotopic (exact) mass is 359 g/mol. The molecule has 0 aliphatic rings. The Balaban J connectivity index is 2.27. The fraction of sp³-hybridized carbons (Fsp3) is 0.200. The zero-order valence-corrected chi connectivity index (χ0v) is 13.1. The van der Waals surface area contributed by atoms with Crippen LogP contribution >= 0.6 is 11.3 Å². The number of halogens is 3. The van der Waals surface area contributed by atoms with E-state index in [9.17, 15) is 27.9 Å². The summed E-state index contributed by atoms with van der Waals surface area (Å²) in [6.07, 6.45) is -5.26. The fourth-order valence-corrected chi connectivity index (χ4v) is 2.56. The molecule has 24 heavy (non-hydrogen) atoms. The number of carbonyl (C=O) groups is 2. The van der Waals surface area contributed by atoms with Crippen molar-refractivity contribution in [2.24, 2.45) is 0 Å². The number of carbonyl (C=O) groups excluding carboxylic acids is 2. The van der Waals surface area contributed by atoms with Gasteiger partial charge >= 0.3 is 12.1 Å². The summed E-state index contributed by atoms with van der Waals surface area (Å²) in [6.45, 7) is 0. The maximum absolute atomic E-state index is 13.1. The van der Waals surface area contributed by atoms with Crippen LogP contribution in [0.5, 0.6) is 0 Å². The average Bonchev–Trinajstić information content (AvgIpc) is 3.07. The Morgan fingerprint density at radius 2 is 1.79 bits per heavy atom. The van der Waals surface area contributed by atoms with E-state index in [1.807, 2.05) is 0 Å². The van der Waals surface area contributed by atoms with Crippen molar-refractivity contribution in [3.05, 3.63) is 52.2 Å². The second-order valence-corrected chi connectivity index (χ2v) is 5.66. The molecular formula is C15H12F3NO4S. The van der Waals surface area contributed by atoms with Crippen LogP contribution in [0.2, 0.25) is 0 Å². The maximum atomic E-state index is 13.1. The van der Waals surface area contributed by atoms with Crippen LogP contribution in [-0.4, -0.2) is 30.3 Å². The fourth-order valence-electron chi connectivity index (χ4n) is 1.94. The molecule has 1 aromatic carbocycles. The molecule has 0 saturated carbocycles. The van der Waals surface area contributed by atoms with Crippen molar-refractivity contribution in [3.8, 4) is 0 Å². The summed E-state index contributed by atoms with van der Waals surface area (Å²) in [5, 5.41) is 14.0. The third-order valence-electron chi connectivity index (χ3n) is 3.20. The average molecular weight is 359 g/mol. The van der Waals surface area contributed by atoms with E-state index < -0.39 is 29.2 Å². The van der Waals surface area contributed by atoms with Crippen molar-refractivity contribution in [2.45, 2.75) is 11.8 Å². The van der Waals surface area contributed by atoms with Gasteiger partial charge in [0.05, 0.1) is 12.0 Å². The molecule has 0 fully saturated rings. The Morgan fingerprint density at radius 1 is 1.17 bits per heavy atom. The molecule has 0 radical (unpaired) electrons. The van der Waals surface area contributed by atoms with Gasteiger partial charge in [0.25, 0.3) is 11.5 Å². The normalized spacial score (nSPS) is 13.9. The molecule has 5 nitrogen and oxygen atoms in total. The number of hydrogen-bond acceptors (Lipinski definition) is 5. The molecule has 1 atom stereocenters. The Bertz CT molecular complexity index is 728. The number of aliphatic hydroxyl groups is 1. The molecule has 1 heterocycles. The molecule has 2 aromatic rings. The first-order chi connectivity index (χ1) is 11.2. The molecule has 0 aliphatic heterocycles. The summed E-state index contributed by atoms with van der Waals surface area (Å²) in [7, 11) is 0.745. The first-order valence-electron chi connectivity index (χ1n) is 6.53. The van der Waals surface area contributed by atoms with Crippen molar-refractivity contribution in [1.82, 2.24) is 0 Å². The summed E-state index contributed by atoms with van der Waals surface area (Å²) in [6, 6.07) is 7.38. The lowest BCUT2D eigenvalue weighted by molar-refractivity contribution is -0.266. The smallest absolute Gasteiger partial charge is 0.432 e. The standard InChI is InChI=1S/C15H12F3NO4S/c1-23-13(21)14(22,15(16,17)18)9-4-6-10(7-5-9)19-12(20)11-3-2-8-24-11/h2-8,22H,1H3,(H,19,20)/t14-/m1/s1. The van der Waals surface area contributed by atoms with Crippen molar-refractivity contribution in [2.75, 3.05) is 12.4 Å². The molecule has 0 unspecified atom stereocenters. The topological polar surface area (TPSA) is 75.6 Å². The summed E-state index contributed by atoms with van der Waals surface area (Å²) in [5.41, 5.74) is -4.28. The summed E-state index contributed by atoms with van der Waals surface area (Å²) < 4.78 is 43.4. The van der Waals surface area contributed by atoms with Crippen molar-refractivity contribution in [3.63, 3.8) is 0 Å². The first-order valence-corrected chi connectivity index (χ1v) is 7.41.